The van der Waals surface area contributed by atoms with E-state index in [0.717, 1.165) is 11.3 Å². The lowest BCUT2D eigenvalue weighted by Gasteiger charge is -2.14. The molecule has 1 aromatic heterocycles. The minimum atomic E-state index is -0.297. The van der Waals surface area contributed by atoms with E-state index in [-0.39, 0.29) is 17.7 Å². The van der Waals surface area contributed by atoms with Gasteiger partial charge >= 0.3 is 0 Å². The molecule has 124 valence electrons. The molecule has 5 heteroatoms. The summed E-state index contributed by atoms with van der Waals surface area (Å²) in [6.07, 6.45) is 1.76. The van der Waals surface area contributed by atoms with E-state index in [0.29, 0.717) is 17.8 Å². The fourth-order valence-corrected chi connectivity index (χ4v) is 2.73. The lowest BCUT2D eigenvalue weighted by Crippen LogP contribution is -2.19. The highest BCUT2D eigenvalue weighted by atomic mass is 19.1. The van der Waals surface area contributed by atoms with Gasteiger partial charge in [0.1, 0.15) is 11.6 Å². The Morgan fingerprint density at radius 3 is 2.67 bits per heavy atom. The third-order valence-corrected chi connectivity index (χ3v) is 4.12. The average molecular weight is 327 g/mol. The Hall–Kier alpha value is -2.53. The molecule has 0 spiro atoms. The van der Waals surface area contributed by atoms with E-state index in [9.17, 15) is 8.78 Å². The van der Waals surface area contributed by atoms with Crippen molar-refractivity contribution in [1.82, 2.24) is 15.1 Å². The van der Waals surface area contributed by atoms with Crippen molar-refractivity contribution in [2.24, 2.45) is 0 Å². The summed E-state index contributed by atoms with van der Waals surface area (Å²) in [5.74, 6) is -0.515. The van der Waals surface area contributed by atoms with Gasteiger partial charge < -0.3 is 5.32 Å². The van der Waals surface area contributed by atoms with Crippen molar-refractivity contribution >= 4 is 0 Å². The minimum absolute atomic E-state index is 0.00749. The van der Waals surface area contributed by atoms with E-state index >= 15 is 0 Å². The van der Waals surface area contributed by atoms with Gasteiger partial charge in [-0.15, -0.1) is 0 Å². The second kappa shape index (κ2) is 6.93. The SMILES string of the molecule is Cc1c(C(C)NCc2ccccc2F)cnn1-c1cccc(F)c1. The first kappa shape index (κ1) is 16.3. The Bertz CT molecular complexity index is 842. The first-order valence-corrected chi connectivity index (χ1v) is 7.83. The highest BCUT2D eigenvalue weighted by Gasteiger charge is 2.14. The molecule has 24 heavy (non-hydrogen) atoms. The molecule has 0 aliphatic rings. The lowest BCUT2D eigenvalue weighted by atomic mass is 10.1. The Kier molecular flexibility index (Phi) is 4.71. The third-order valence-electron chi connectivity index (χ3n) is 4.12. The average Bonchev–Trinajstić information content (AvgIpc) is 2.95. The van der Waals surface area contributed by atoms with Crippen molar-refractivity contribution in [2.45, 2.75) is 26.4 Å². The number of nitrogens with zero attached hydrogens (tertiary/aromatic N) is 2. The summed E-state index contributed by atoms with van der Waals surface area (Å²) in [4.78, 5) is 0. The van der Waals surface area contributed by atoms with Crippen LogP contribution in [0.4, 0.5) is 8.78 Å². The quantitative estimate of drug-likeness (QED) is 0.757. The number of halogens is 2. The van der Waals surface area contributed by atoms with Crippen LogP contribution in [0.3, 0.4) is 0 Å². The molecule has 0 radical (unpaired) electrons. The van der Waals surface area contributed by atoms with Crippen LogP contribution >= 0.6 is 0 Å². The maximum absolute atomic E-state index is 13.7. The van der Waals surface area contributed by atoms with Gasteiger partial charge in [0.2, 0.25) is 0 Å². The summed E-state index contributed by atoms with van der Waals surface area (Å²) in [6, 6.07) is 13.0. The number of hydrogen-bond acceptors (Lipinski definition) is 2. The summed E-state index contributed by atoms with van der Waals surface area (Å²) < 4.78 is 28.8. The normalized spacial score (nSPS) is 12.3. The van der Waals surface area contributed by atoms with E-state index in [4.69, 9.17) is 0 Å². The van der Waals surface area contributed by atoms with E-state index in [1.165, 1.54) is 18.2 Å². The highest BCUT2D eigenvalue weighted by Crippen LogP contribution is 2.21. The maximum atomic E-state index is 13.7. The molecule has 1 atom stereocenters. The van der Waals surface area contributed by atoms with Crippen LogP contribution < -0.4 is 5.32 Å². The largest absolute Gasteiger partial charge is 0.306 e. The van der Waals surface area contributed by atoms with Crippen LogP contribution in [-0.4, -0.2) is 9.78 Å². The molecule has 0 amide bonds. The van der Waals surface area contributed by atoms with Crippen LogP contribution in [-0.2, 0) is 6.54 Å². The van der Waals surface area contributed by atoms with Crippen LogP contribution in [0.2, 0.25) is 0 Å². The van der Waals surface area contributed by atoms with Crippen molar-refractivity contribution in [2.75, 3.05) is 0 Å². The third kappa shape index (κ3) is 3.36. The van der Waals surface area contributed by atoms with Crippen LogP contribution in [0.5, 0.6) is 0 Å². The fraction of sp³-hybridized carbons (Fsp3) is 0.211. The zero-order valence-corrected chi connectivity index (χ0v) is 13.6. The second-order valence-corrected chi connectivity index (χ2v) is 5.77. The summed E-state index contributed by atoms with van der Waals surface area (Å²) in [7, 11) is 0. The molecule has 0 fully saturated rings. The molecule has 3 nitrogen and oxygen atoms in total. The van der Waals surface area contributed by atoms with Crippen molar-refractivity contribution < 1.29 is 8.78 Å². The van der Waals surface area contributed by atoms with Crippen molar-refractivity contribution in [3.63, 3.8) is 0 Å². The summed E-state index contributed by atoms with van der Waals surface area (Å²) in [5, 5.41) is 7.66. The topological polar surface area (TPSA) is 29.9 Å². The highest BCUT2D eigenvalue weighted by molar-refractivity contribution is 5.36. The van der Waals surface area contributed by atoms with Crippen LogP contribution in [0.15, 0.2) is 54.7 Å². The molecular formula is C19H19F2N3. The Morgan fingerprint density at radius 1 is 1.12 bits per heavy atom. The standard InChI is InChI=1S/C19H19F2N3/c1-13(22-11-15-6-3-4-9-19(15)21)18-12-23-24(14(18)2)17-8-5-7-16(20)10-17/h3-10,12-13,22H,11H2,1-2H3. The number of hydrogen-bond donors (Lipinski definition) is 1. The molecule has 1 N–H and O–H groups in total. The lowest BCUT2D eigenvalue weighted by molar-refractivity contribution is 0.542. The predicted molar refractivity (Wildman–Crippen MR) is 89.9 cm³/mol. The molecule has 1 unspecified atom stereocenters. The van der Waals surface area contributed by atoms with Gasteiger partial charge in [0, 0.05) is 29.4 Å². The molecule has 1 heterocycles. The molecule has 3 aromatic rings. The van der Waals surface area contributed by atoms with Gasteiger partial charge in [-0.2, -0.15) is 5.10 Å². The van der Waals surface area contributed by atoms with E-state index in [2.05, 4.69) is 10.4 Å². The van der Waals surface area contributed by atoms with Gasteiger partial charge in [0.05, 0.1) is 11.9 Å². The molecule has 0 aliphatic heterocycles. The number of benzene rings is 2. The van der Waals surface area contributed by atoms with Crippen LogP contribution in [0.25, 0.3) is 5.69 Å². The van der Waals surface area contributed by atoms with Crippen molar-refractivity contribution in [3.8, 4) is 5.69 Å². The van der Waals surface area contributed by atoms with E-state index in [1.54, 1.807) is 29.1 Å². The van der Waals surface area contributed by atoms with Gasteiger partial charge in [0.15, 0.2) is 0 Å². The fourth-order valence-electron chi connectivity index (χ4n) is 2.73. The van der Waals surface area contributed by atoms with Crippen molar-refractivity contribution in [1.29, 1.82) is 0 Å². The molecular weight excluding hydrogens is 308 g/mol. The number of nitrogens with one attached hydrogen (secondary N) is 1. The monoisotopic (exact) mass is 327 g/mol. The summed E-state index contributed by atoms with van der Waals surface area (Å²) in [6.45, 7) is 4.37. The second-order valence-electron chi connectivity index (χ2n) is 5.77. The first-order chi connectivity index (χ1) is 11.6. The van der Waals surface area contributed by atoms with Crippen LogP contribution in [0.1, 0.15) is 29.8 Å². The number of rotatable bonds is 5. The van der Waals surface area contributed by atoms with E-state index < -0.39 is 0 Å². The molecule has 0 bridgehead atoms. The smallest absolute Gasteiger partial charge is 0.127 e. The van der Waals surface area contributed by atoms with Crippen molar-refractivity contribution in [3.05, 3.63) is 83.2 Å². The zero-order chi connectivity index (χ0) is 17.1. The minimum Gasteiger partial charge on any atom is -0.306 e. The molecule has 2 aromatic carbocycles. The van der Waals surface area contributed by atoms with Crippen LogP contribution in [0, 0.1) is 18.6 Å². The van der Waals surface area contributed by atoms with Gasteiger partial charge in [-0.05, 0) is 38.1 Å². The van der Waals surface area contributed by atoms with Gasteiger partial charge in [-0.1, -0.05) is 24.3 Å². The van der Waals surface area contributed by atoms with Gasteiger partial charge in [-0.25, -0.2) is 13.5 Å². The Balaban J connectivity index is 1.77. The Labute approximate surface area is 139 Å². The summed E-state index contributed by atoms with van der Waals surface area (Å²) in [5.41, 5.74) is 3.23. The molecule has 3 rings (SSSR count). The molecule has 0 aliphatic carbocycles. The van der Waals surface area contributed by atoms with Gasteiger partial charge in [-0.3, -0.25) is 0 Å². The first-order valence-electron chi connectivity index (χ1n) is 7.83. The summed E-state index contributed by atoms with van der Waals surface area (Å²) >= 11 is 0. The molecule has 0 saturated carbocycles. The Morgan fingerprint density at radius 2 is 1.92 bits per heavy atom. The van der Waals surface area contributed by atoms with E-state index in [1.807, 2.05) is 26.0 Å². The predicted octanol–water partition coefficient (Wildman–Crippen LogP) is 4.31. The zero-order valence-electron chi connectivity index (χ0n) is 13.6. The van der Waals surface area contributed by atoms with Gasteiger partial charge in [0.25, 0.3) is 0 Å². The maximum Gasteiger partial charge on any atom is 0.127 e. The molecule has 0 saturated heterocycles. The number of aromatic nitrogens is 2.